The third-order valence-corrected chi connectivity index (χ3v) is 3.32. The van der Waals surface area contributed by atoms with Gasteiger partial charge in [0.2, 0.25) is 0 Å². The molecular formula is C14H30N2O2S2. The van der Waals surface area contributed by atoms with Crippen LogP contribution in [0.2, 0.25) is 0 Å². The fourth-order valence-corrected chi connectivity index (χ4v) is 1.87. The third-order valence-electron chi connectivity index (χ3n) is 3.01. The lowest BCUT2D eigenvalue weighted by Gasteiger charge is -2.38. The molecule has 0 aliphatic carbocycles. The van der Waals surface area contributed by atoms with E-state index in [1.165, 1.54) is 0 Å². The highest BCUT2D eigenvalue weighted by Crippen LogP contribution is 2.18. The van der Waals surface area contributed by atoms with E-state index in [4.69, 9.17) is 5.11 Å². The molecule has 20 heavy (non-hydrogen) atoms. The Hall–Kier alpha value is 0.0900. The first-order chi connectivity index (χ1) is 8.73. The minimum Gasteiger partial charge on any atom is -0.481 e. The minimum atomic E-state index is -0.806. The summed E-state index contributed by atoms with van der Waals surface area (Å²) in [5, 5.41) is 15.8. The predicted molar refractivity (Wildman–Crippen MR) is 92.3 cm³/mol. The van der Waals surface area contributed by atoms with Crippen molar-refractivity contribution in [2.45, 2.75) is 69.0 Å². The van der Waals surface area contributed by atoms with Crippen LogP contribution in [0.1, 0.15) is 48.0 Å². The average Bonchev–Trinajstić information content (AvgIpc) is 2.18. The number of aliphatic carboxylic acids is 1. The van der Waals surface area contributed by atoms with Crippen molar-refractivity contribution in [2.75, 3.05) is 13.1 Å². The zero-order chi connectivity index (χ0) is 16.2. The number of rotatable bonds is 9. The van der Waals surface area contributed by atoms with Crippen molar-refractivity contribution in [1.82, 2.24) is 10.6 Å². The Kier molecular flexibility index (Phi) is 7.42. The normalized spacial score (nSPS) is 15.2. The molecule has 0 amide bonds. The molecule has 0 bridgehead atoms. The van der Waals surface area contributed by atoms with Crippen molar-refractivity contribution in [3.05, 3.63) is 0 Å². The second-order valence-corrected chi connectivity index (χ2v) is 9.65. The zero-order valence-corrected chi connectivity index (χ0v) is 15.2. The quantitative estimate of drug-likeness (QED) is 0.422. The van der Waals surface area contributed by atoms with Crippen molar-refractivity contribution >= 4 is 31.2 Å². The van der Waals surface area contributed by atoms with Gasteiger partial charge in [0, 0.05) is 34.2 Å². The molecule has 4 nitrogen and oxygen atoms in total. The van der Waals surface area contributed by atoms with E-state index in [0.717, 1.165) is 0 Å². The van der Waals surface area contributed by atoms with Gasteiger partial charge in [0.25, 0.3) is 0 Å². The lowest BCUT2D eigenvalue weighted by Crippen LogP contribution is -2.59. The largest absolute Gasteiger partial charge is 0.481 e. The number of carbonyl (C=O) groups is 1. The van der Waals surface area contributed by atoms with Gasteiger partial charge in [-0.05, 0) is 41.5 Å². The SMILES string of the molecule is CC(C)(S)CNC(CC(=O)O)C(C)(C)NCC(C)(C)S. The second-order valence-electron chi connectivity index (χ2n) is 7.23. The second kappa shape index (κ2) is 7.38. The molecule has 6 heteroatoms. The fourth-order valence-electron chi connectivity index (χ4n) is 1.70. The van der Waals surface area contributed by atoms with E-state index < -0.39 is 5.97 Å². The first-order valence-corrected chi connectivity index (χ1v) is 7.77. The van der Waals surface area contributed by atoms with Crippen molar-refractivity contribution in [3.8, 4) is 0 Å². The van der Waals surface area contributed by atoms with Crippen LogP contribution in [-0.4, -0.2) is 45.2 Å². The predicted octanol–water partition coefficient (Wildman–Crippen LogP) is 2.20. The molecule has 0 saturated heterocycles. The molecule has 0 radical (unpaired) electrons. The van der Waals surface area contributed by atoms with Gasteiger partial charge in [-0.3, -0.25) is 4.79 Å². The first-order valence-electron chi connectivity index (χ1n) is 6.88. The molecule has 0 aliphatic rings. The number of thiol groups is 2. The zero-order valence-electron chi connectivity index (χ0n) is 13.4. The Morgan fingerprint density at radius 1 is 1.05 bits per heavy atom. The Balaban J connectivity index is 4.76. The number of nitrogens with one attached hydrogen (secondary N) is 2. The maximum absolute atomic E-state index is 11.1. The van der Waals surface area contributed by atoms with Gasteiger partial charge in [-0.15, -0.1) is 0 Å². The lowest BCUT2D eigenvalue weighted by molar-refractivity contribution is -0.138. The van der Waals surface area contributed by atoms with Gasteiger partial charge in [-0.2, -0.15) is 25.3 Å². The van der Waals surface area contributed by atoms with Crippen LogP contribution in [-0.2, 0) is 4.79 Å². The maximum Gasteiger partial charge on any atom is 0.304 e. The summed E-state index contributed by atoms with van der Waals surface area (Å²) in [6.07, 6.45) is 0.0663. The van der Waals surface area contributed by atoms with Crippen molar-refractivity contribution in [2.24, 2.45) is 0 Å². The highest BCUT2D eigenvalue weighted by molar-refractivity contribution is 7.82. The lowest BCUT2D eigenvalue weighted by atomic mass is 9.90. The maximum atomic E-state index is 11.1. The van der Waals surface area contributed by atoms with Crippen molar-refractivity contribution in [1.29, 1.82) is 0 Å². The van der Waals surface area contributed by atoms with E-state index in [9.17, 15) is 4.79 Å². The average molecular weight is 323 g/mol. The monoisotopic (exact) mass is 322 g/mol. The Labute approximate surface area is 134 Å². The van der Waals surface area contributed by atoms with Gasteiger partial charge in [0.05, 0.1) is 6.42 Å². The number of carboxylic acids is 1. The Morgan fingerprint density at radius 2 is 1.50 bits per heavy atom. The van der Waals surface area contributed by atoms with Gasteiger partial charge in [0.15, 0.2) is 0 Å². The summed E-state index contributed by atoms with van der Waals surface area (Å²) in [4.78, 5) is 11.1. The number of hydrogen-bond acceptors (Lipinski definition) is 5. The van der Waals surface area contributed by atoms with Crippen LogP contribution in [0.15, 0.2) is 0 Å². The molecule has 0 aromatic rings. The summed E-state index contributed by atoms with van der Waals surface area (Å²) >= 11 is 8.96. The standard InChI is InChI=1S/C14H30N2O2S2/c1-12(2,19)8-15-10(7-11(17)18)14(5,6)16-9-13(3,4)20/h10,15-16,19-20H,7-9H2,1-6H3,(H,17,18). The van der Waals surface area contributed by atoms with E-state index in [1.807, 2.05) is 41.5 Å². The number of carboxylic acid groups (broad SMARTS) is 1. The van der Waals surface area contributed by atoms with Gasteiger partial charge < -0.3 is 15.7 Å². The van der Waals surface area contributed by atoms with E-state index in [0.29, 0.717) is 13.1 Å². The smallest absolute Gasteiger partial charge is 0.304 e. The summed E-state index contributed by atoms with van der Waals surface area (Å²) in [5.41, 5.74) is -0.350. The van der Waals surface area contributed by atoms with Crippen LogP contribution in [0.25, 0.3) is 0 Å². The first kappa shape index (κ1) is 20.1. The fraction of sp³-hybridized carbons (Fsp3) is 0.929. The molecule has 0 spiro atoms. The van der Waals surface area contributed by atoms with Crippen LogP contribution in [0.3, 0.4) is 0 Å². The third kappa shape index (κ3) is 9.91. The molecule has 0 fully saturated rings. The summed E-state index contributed by atoms with van der Waals surface area (Å²) in [6.45, 7) is 13.4. The summed E-state index contributed by atoms with van der Waals surface area (Å²) < 4.78 is -0.330. The molecule has 0 aromatic carbocycles. The minimum absolute atomic E-state index is 0.0663. The van der Waals surface area contributed by atoms with Crippen LogP contribution in [0, 0.1) is 0 Å². The highest BCUT2D eigenvalue weighted by Gasteiger charge is 2.32. The van der Waals surface area contributed by atoms with Crippen LogP contribution >= 0.6 is 25.3 Å². The van der Waals surface area contributed by atoms with Gasteiger partial charge >= 0.3 is 5.97 Å². The van der Waals surface area contributed by atoms with E-state index in [-0.39, 0.29) is 27.5 Å². The molecule has 0 aromatic heterocycles. The van der Waals surface area contributed by atoms with Crippen LogP contribution in [0.4, 0.5) is 0 Å². The molecule has 120 valence electrons. The highest BCUT2D eigenvalue weighted by atomic mass is 32.1. The van der Waals surface area contributed by atoms with Crippen molar-refractivity contribution in [3.63, 3.8) is 0 Å². The molecule has 0 aliphatic heterocycles. The number of hydrogen-bond donors (Lipinski definition) is 5. The van der Waals surface area contributed by atoms with Gasteiger partial charge in [0.1, 0.15) is 0 Å². The summed E-state index contributed by atoms with van der Waals surface area (Å²) in [5.74, 6) is -0.806. The van der Waals surface area contributed by atoms with Gasteiger partial charge in [-0.25, -0.2) is 0 Å². The summed E-state index contributed by atoms with van der Waals surface area (Å²) in [6, 6.07) is -0.179. The molecular weight excluding hydrogens is 292 g/mol. The van der Waals surface area contributed by atoms with Crippen molar-refractivity contribution < 1.29 is 9.90 Å². The molecule has 1 atom stereocenters. The molecule has 0 saturated carbocycles. The van der Waals surface area contributed by atoms with Crippen LogP contribution < -0.4 is 10.6 Å². The summed E-state index contributed by atoms with van der Waals surface area (Å²) in [7, 11) is 0. The van der Waals surface area contributed by atoms with Gasteiger partial charge in [-0.1, -0.05) is 0 Å². The van der Waals surface area contributed by atoms with Crippen LogP contribution in [0.5, 0.6) is 0 Å². The molecule has 0 heterocycles. The topological polar surface area (TPSA) is 61.4 Å². The molecule has 3 N–H and O–H groups in total. The Bertz CT molecular complexity index is 320. The molecule has 0 rings (SSSR count). The Morgan fingerprint density at radius 3 is 1.85 bits per heavy atom. The van der Waals surface area contributed by atoms with E-state index >= 15 is 0 Å². The van der Waals surface area contributed by atoms with E-state index in [2.05, 4.69) is 35.9 Å². The molecule has 1 unspecified atom stereocenters. The van der Waals surface area contributed by atoms with E-state index in [1.54, 1.807) is 0 Å².